The van der Waals surface area contributed by atoms with Crippen LogP contribution in [0.25, 0.3) is 17.1 Å². The molecule has 0 aliphatic rings. The number of hydrogen-bond acceptors (Lipinski definition) is 4. The Morgan fingerprint density at radius 2 is 2.17 bits per heavy atom. The van der Waals surface area contributed by atoms with Gasteiger partial charge in [-0.2, -0.15) is 0 Å². The van der Waals surface area contributed by atoms with Crippen molar-refractivity contribution in [2.45, 2.75) is 6.92 Å². The summed E-state index contributed by atoms with van der Waals surface area (Å²) in [6, 6.07) is 9.91. The molecule has 0 unspecified atom stereocenters. The van der Waals surface area contributed by atoms with Crippen LogP contribution in [0.2, 0.25) is 0 Å². The van der Waals surface area contributed by atoms with Gasteiger partial charge in [0.2, 0.25) is 0 Å². The van der Waals surface area contributed by atoms with Crippen LogP contribution in [0.4, 0.5) is 11.5 Å². The molecular formula is C17H13BrN4O. The Morgan fingerprint density at radius 1 is 1.26 bits per heavy atom. The smallest absolute Gasteiger partial charge is 0.157 e. The van der Waals surface area contributed by atoms with E-state index in [4.69, 9.17) is 4.42 Å². The molecule has 23 heavy (non-hydrogen) atoms. The van der Waals surface area contributed by atoms with Gasteiger partial charge < -0.3 is 9.73 Å². The zero-order chi connectivity index (χ0) is 15.8. The highest BCUT2D eigenvalue weighted by molar-refractivity contribution is 9.10. The van der Waals surface area contributed by atoms with E-state index >= 15 is 0 Å². The van der Waals surface area contributed by atoms with Gasteiger partial charge in [-0.1, -0.05) is 6.07 Å². The minimum Gasteiger partial charge on any atom is -0.463 e. The van der Waals surface area contributed by atoms with E-state index in [0.29, 0.717) is 5.76 Å². The highest BCUT2D eigenvalue weighted by Gasteiger charge is 2.17. The molecule has 0 aliphatic heterocycles. The van der Waals surface area contributed by atoms with E-state index in [0.717, 1.165) is 27.3 Å². The van der Waals surface area contributed by atoms with Crippen LogP contribution >= 0.6 is 15.9 Å². The van der Waals surface area contributed by atoms with Crippen LogP contribution < -0.4 is 5.32 Å². The van der Waals surface area contributed by atoms with Crippen molar-refractivity contribution in [2.24, 2.45) is 0 Å². The van der Waals surface area contributed by atoms with Crippen molar-refractivity contribution < 1.29 is 4.42 Å². The lowest BCUT2D eigenvalue weighted by Crippen LogP contribution is -1.98. The predicted octanol–water partition coefficient (Wildman–Crippen LogP) is 4.80. The molecule has 6 heteroatoms. The zero-order valence-corrected chi connectivity index (χ0v) is 13.9. The number of nitrogens with one attached hydrogen (secondary N) is 1. The van der Waals surface area contributed by atoms with Gasteiger partial charge in [-0.05, 0) is 52.7 Å². The zero-order valence-electron chi connectivity index (χ0n) is 12.3. The quantitative estimate of drug-likeness (QED) is 0.563. The number of aryl methyl sites for hydroxylation is 1. The number of benzene rings is 1. The lowest BCUT2D eigenvalue weighted by atomic mass is 10.2. The Bertz CT molecular complexity index is 976. The molecule has 0 aliphatic carbocycles. The summed E-state index contributed by atoms with van der Waals surface area (Å²) < 4.78 is 8.48. The molecule has 0 spiro atoms. The van der Waals surface area contributed by atoms with Crippen LogP contribution in [0.3, 0.4) is 0 Å². The third-order valence-corrected chi connectivity index (χ3v) is 4.22. The molecule has 3 heterocycles. The van der Waals surface area contributed by atoms with Gasteiger partial charge in [0.05, 0.1) is 18.1 Å². The Kier molecular flexibility index (Phi) is 3.38. The Hall–Kier alpha value is -2.60. The van der Waals surface area contributed by atoms with Gasteiger partial charge in [-0.3, -0.25) is 9.38 Å². The largest absolute Gasteiger partial charge is 0.463 e. The van der Waals surface area contributed by atoms with E-state index in [1.807, 2.05) is 28.8 Å². The van der Waals surface area contributed by atoms with Crippen molar-refractivity contribution in [1.29, 1.82) is 0 Å². The van der Waals surface area contributed by atoms with Crippen LogP contribution in [-0.4, -0.2) is 14.4 Å². The Morgan fingerprint density at radius 3 is 2.96 bits per heavy atom. The van der Waals surface area contributed by atoms with E-state index in [-0.39, 0.29) is 0 Å². The lowest BCUT2D eigenvalue weighted by molar-refractivity contribution is 0.581. The second kappa shape index (κ2) is 5.55. The Labute approximate surface area is 141 Å². The lowest BCUT2D eigenvalue weighted by Gasteiger charge is -2.10. The molecule has 3 aromatic heterocycles. The molecular weight excluding hydrogens is 356 g/mol. The first-order valence-electron chi connectivity index (χ1n) is 7.11. The van der Waals surface area contributed by atoms with Crippen molar-refractivity contribution in [3.05, 3.63) is 65.2 Å². The minimum atomic E-state index is 0.708. The van der Waals surface area contributed by atoms with Crippen LogP contribution in [0.15, 0.2) is 64.1 Å². The van der Waals surface area contributed by atoms with E-state index < -0.39 is 0 Å². The monoisotopic (exact) mass is 368 g/mol. The molecule has 1 N–H and O–H groups in total. The number of nitrogens with zero attached hydrogens (tertiary/aromatic N) is 3. The number of halogens is 1. The van der Waals surface area contributed by atoms with Gasteiger partial charge in [0.15, 0.2) is 11.4 Å². The van der Waals surface area contributed by atoms with Crippen molar-refractivity contribution >= 4 is 33.1 Å². The second-order valence-corrected chi connectivity index (χ2v) is 6.05. The molecule has 0 fully saturated rings. The Balaban J connectivity index is 1.89. The van der Waals surface area contributed by atoms with Gasteiger partial charge in [0.25, 0.3) is 0 Å². The SMILES string of the molecule is Cc1ccc(Nc2c(-c3ccco3)nc3cnccn23)c(Br)c1. The summed E-state index contributed by atoms with van der Waals surface area (Å²) in [7, 11) is 0. The predicted molar refractivity (Wildman–Crippen MR) is 92.9 cm³/mol. The van der Waals surface area contributed by atoms with Crippen LogP contribution in [0, 0.1) is 6.92 Å². The molecule has 0 saturated carbocycles. The van der Waals surface area contributed by atoms with E-state index in [1.165, 1.54) is 5.56 Å². The van der Waals surface area contributed by atoms with Crippen molar-refractivity contribution in [3.8, 4) is 11.5 Å². The number of hydrogen-bond donors (Lipinski definition) is 1. The van der Waals surface area contributed by atoms with Gasteiger partial charge >= 0.3 is 0 Å². The summed E-state index contributed by atoms with van der Waals surface area (Å²) in [5.41, 5.74) is 3.65. The number of fused-ring (bicyclic) bond motifs is 1. The van der Waals surface area contributed by atoms with Crippen molar-refractivity contribution in [3.63, 3.8) is 0 Å². The summed E-state index contributed by atoms with van der Waals surface area (Å²) in [6.07, 6.45) is 6.97. The van der Waals surface area contributed by atoms with Gasteiger partial charge in [0, 0.05) is 16.9 Å². The van der Waals surface area contributed by atoms with Gasteiger partial charge in [-0.25, -0.2) is 4.98 Å². The first-order chi connectivity index (χ1) is 11.2. The number of imidazole rings is 1. The maximum absolute atomic E-state index is 5.53. The fourth-order valence-electron chi connectivity index (χ4n) is 2.46. The second-order valence-electron chi connectivity index (χ2n) is 5.20. The average Bonchev–Trinajstić information content (AvgIpc) is 3.18. The summed E-state index contributed by atoms with van der Waals surface area (Å²) in [4.78, 5) is 8.76. The molecule has 114 valence electrons. The third-order valence-electron chi connectivity index (χ3n) is 3.56. The highest BCUT2D eigenvalue weighted by Crippen LogP contribution is 2.33. The molecule has 0 amide bonds. The van der Waals surface area contributed by atoms with Crippen LogP contribution in [0.1, 0.15) is 5.56 Å². The fourth-order valence-corrected chi connectivity index (χ4v) is 3.05. The molecule has 0 atom stereocenters. The summed E-state index contributed by atoms with van der Waals surface area (Å²) in [5.74, 6) is 1.54. The third kappa shape index (κ3) is 2.51. The summed E-state index contributed by atoms with van der Waals surface area (Å²) >= 11 is 3.60. The first-order valence-corrected chi connectivity index (χ1v) is 7.91. The average molecular weight is 369 g/mol. The topological polar surface area (TPSA) is 55.4 Å². The molecule has 0 bridgehead atoms. The number of aromatic nitrogens is 3. The number of furan rings is 1. The number of anilines is 2. The maximum Gasteiger partial charge on any atom is 0.157 e. The molecule has 4 aromatic rings. The minimum absolute atomic E-state index is 0.708. The molecule has 4 rings (SSSR count). The van der Waals surface area contributed by atoms with Crippen LogP contribution in [0.5, 0.6) is 0 Å². The maximum atomic E-state index is 5.53. The van der Waals surface area contributed by atoms with Gasteiger partial charge in [-0.15, -0.1) is 0 Å². The number of rotatable bonds is 3. The molecule has 1 aromatic carbocycles. The highest BCUT2D eigenvalue weighted by atomic mass is 79.9. The first kappa shape index (κ1) is 14.0. The van der Waals surface area contributed by atoms with E-state index in [2.05, 4.69) is 50.3 Å². The fraction of sp³-hybridized carbons (Fsp3) is 0.0588. The summed E-state index contributed by atoms with van der Waals surface area (Å²) in [6.45, 7) is 2.06. The molecule has 0 radical (unpaired) electrons. The molecule has 0 saturated heterocycles. The van der Waals surface area contributed by atoms with Crippen molar-refractivity contribution in [1.82, 2.24) is 14.4 Å². The van der Waals surface area contributed by atoms with Gasteiger partial charge in [0.1, 0.15) is 11.5 Å². The van der Waals surface area contributed by atoms with E-state index in [9.17, 15) is 0 Å². The van der Waals surface area contributed by atoms with E-state index in [1.54, 1.807) is 18.7 Å². The normalized spacial score (nSPS) is 11.0. The van der Waals surface area contributed by atoms with Crippen molar-refractivity contribution in [2.75, 3.05) is 5.32 Å². The van der Waals surface area contributed by atoms with Crippen LogP contribution in [-0.2, 0) is 0 Å². The standard InChI is InChI=1S/C17H13BrN4O/c1-11-4-5-13(12(18)9-11)20-17-16(14-3-2-8-23-14)21-15-10-19-6-7-22(15)17/h2-10,20H,1H3. The molecule has 5 nitrogen and oxygen atoms in total. The summed E-state index contributed by atoms with van der Waals surface area (Å²) in [5, 5.41) is 3.45.